The molecule has 8 heteroatoms. The van der Waals surface area contributed by atoms with Gasteiger partial charge < -0.3 is 10.1 Å². The number of aryl methyl sites for hydroxylation is 2. The summed E-state index contributed by atoms with van der Waals surface area (Å²) < 4.78 is 33.0. The molecular formula is C18H16F2N4O2. The molecule has 0 bridgehead atoms. The Balaban J connectivity index is 1.60. The Morgan fingerprint density at radius 3 is 2.62 bits per heavy atom. The number of ether oxygens (including phenoxy) is 1. The van der Waals surface area contributed by atoms with Gasteiger partial charge in [0.2, 0.25) is 0 Å². The van der Waals surface area contributed by atoms with Gasteiger partial charge in [0, 0.05) is 11.8 Å². The largest absolute Gasteiger partial charge is 0.481 e. The smallest absolute Gasteiger partial charge is 0.262 e. The number of pyridine rings is 1. The minimum absolute atomic E-state index is 0.195. The molecule has 0 fully saturated rings. The second-order valence-corrected chi connectivity index (χ2v) is 5.66. The summed E-state index contributed by atoms with van der Waals surface area (Å²) in [5, 5.41) is 6.92. The first-order valence-corrected chi connectivity index (χ1v) is 7.80. The van der Waals surface area contributed by atoms with Gasteiger partial charge in [-0.25, -0.2) is 18.4 Å². The number of amides is 1. The minimum Gasteiger partial charge on any atom is -0.481 e. The van der Waals surface area contributed by atoms with Gasteiger partial charge in [0.15, 0.2) is 24.0 Å². The predicted octanol–water partition coefficient (Wildman–Crippen LogP) is 3.18. The monoisotopic (exact) mass is 358 g/mol. The molecule has 0 atom stereocenters. The lowest BCUT2D eigenvalue weighted by Gasteiger charge is -2.09. The van der Waals surface area contributed by atoms with Crippen molar-refractivity contribution in [1.29, 1.82) is 0 Å². The first-order chi connectivity index (χ1) is 12.4. The van der Waals surface area contributed by atoms with Gasteiger partial charge in [0.05, 0.1) is 17.6 Å². The van der Waals surface area contributed by atoms with Crippen LogP contribution in [0.1, 0.15) is 11.4 Å². The third kappa shape index (κ3) is 4.02. The van der Waals surface area contributed by atoms with E-state index in [2.05, 4.69) is 15.4 Å². The molecule has 2 aromatic heterocycles. The molecule has 0 radical (unpaired) electrons. The number of nitrogens with one attached hydrogen (secondary N) is 1. The molecule has 26 heavy (non-hydrogen) atoms. The zero-order valence-electron chi connectivity index (χ0n) is 14.2. The maximum Gasteiger partial charge on any atom is 0.262 e. The van der Waals surface area contributed by atoms with Gasteiger partial charge in [0.1, 0.15) is 5.82 Å². The van der Waals surface area contributed by atoms with Gasteiger partial charge in [-0.1, -0.05) is 0 Å². The number of hydrogen-bond acceptors (Lipinski definition) is 4. The number of benzene rings is 1. The van der Waals surface area contributed by atoms with E-state index in [4.69, 9.17) is 4.74 Å². The van der Waals surface area contributed by atoms with Crippen LogP contribution in [0.4, 0.5) is 14.5 Å². The fourth-order valence-electron chi connectivity index (χ4n) is 2.38. The molecule has 0 unspecified atom stereocenters. The molecule has 1 N–H and O–H groups in total. The first kappa shape index (κ1) is 17.5. The lowest BCUT2D eigenvalue weighted by atomic mass is 10.3. The number of carbonyl (C=O) groups excluding carboxylic acids is 1. The molecule has 3 rings (SSSR count). The molecule has 0 saturated carbocycles. The summed E-state index contributed by atoms with van der Waals surface area (Å²) in [5.74, 6) is -1.64. The third-order valence-electron chi connectivity index (χ3n) is 3.51. The van der Waals surface area contributed by atoms with Crippen molar-refractivity contribution in [3.8, 4) is 11.6 Å². The average Bonchev–Trinajstić information content (AvgIpc) is 2.93. The summed E-state index contributed by atoms with van der Waals surface area (Å²) in [6, 6.07) is 8.20. The van der Waals surface area contributed by atoms with Crippen LogP contribution in [0.15, 0.2) is 42.6 Å². The highest BCUT2D eigenvalue weighted by molar-refractivity contribution is 5.91. The Hall–Kier alpha value is -3.29. The predicted molar refractivity (Wildman–Crippen MR) is 91.3 cm³/mol. The molecule has 0 saturated heterocycles. The maximum atomic E-state index is 13.5. The van der Waals surface area contributed by atoms with Crippen molar-refractivity contribution in [2.45, 2.75) is 13.8 Å². The van der Waals surface area contributed by atoms with E-state index in [0.717, 1.165) is 23.5 Å². The maximum absolute atomic E-state index is 13.5. The summed E-state index contributed by atoms with van der Waals surface area (Å²) in [5.41, 5.74) is 2.29. The van der Waals surface area contributed by atoms with Gasteiger partial charge in [0.25, 0.3) is 5.91 Å². The summed E-state index contributed by atoms with van der Waals surface area (Å²) in [7, 11) is 0. The summed E-state index contributed by atoms with van der Waals surface area (Å²) in [4.78, 5) is 16.2. The van der Waals surface area contributed by atoms with Gasteiger partial charge in [-0.05, 0) is 44.2 Å². The Morgan fingerprint density at radius 2 is 2.00 bits per heavy atom. The number of halogens is 2. The zero-order chi connectivity index (χ0) is 18.7. The van der Waals surface area contributed by atoms with Gasteiger partial charge in [-0.2, -0.15) is 5.10 Å². The summed E-state index contributed by atoms with van der Waals surface area (Å²) in [6.45, 7) is 3.40. The highest BCUT2D eigenvalue weighted by Crippen LogP contribution is 2.18. The number of hydrogen-bond donors (Lipinski definition) is 1. The summed E-state index contributed by atoms with van der Waals surface area (Å²) >= 11 is 0. The first-order valence-electron chi connectivity index (χ1n) is 7.80. The second-order valence-electron chi connectivity index (χ2n) is 5.66. The van der Waals surface area contributed by atoms with E-state index in [-0.39, 0.29) is 5.75 Å². The standard InChI is InChI=1S/C18H16F2N4O2/c1-11-7-12(2)24(23-11)17-6-4-14(9-21-17)22-18(25)10-26-16-5-3-13(19)8-15(16)20/h3-9H,10H2,1-2H3,(H,22,25). The van der Waals surface area contributed by atoms with Crippen molar-refractivity contribution in [1.82, 2.24) is 14.8 Å². The number of nitrogens with zero attached hydrogens (tertiary/aromatic N) is 3. The van der Waals surface area contributed by atoms with Crippen LogP contribution in [0.25, 0.3) is 5.82 Å². The Morgan fingerprint density at radius 1 is 1.19 bits per heavy atom. The third-order valence-corrected chi connectivity index (χ3v) is 3.51. The number of aromatic nitrogens is 3. The Bertz CT molecular complexity index is 939. The van der Waals surface area contributed by atoms with Gasteiger partial charge in [-0.3, -0.25) is 4.79 Å². The van der Waals surface area contributed by atoms with Crippen LogP contribution in [-0.2, 0) is 4.79 Å². The normalized spacial score (nSPS) is 10.6. The molecule has 0 aliphatic rings. The van der Waals surface area contributed by atoms with E-state index in [1.54, 1.807) is 16.8 Å². The molecule has 6 nitrogen and oxygen atoms in total. The van der Waals surface area contributed by atoms with Crippen LogP contribution in [0.2, 0.25) is 0 Å². The van der Waals surface area contributed by atoms with Crippen molar-refractivity contribution in [3.05, 3.63) is 65.6 Å². The lowest BCUT2D eigenvalue weighted by Crippen LogP contribution is -2.20. The lowest BCUT2D eigenvalue weighted by molar-refractivity contribution is -0.118. The van der Waals surface area contributed by atoms with Crippen molar-refractivity contribution in [3.63, 3.8) is 0 Å². The molecular weight excluding hydrogens is 342 g/mol. The average molecular weight is 358 g/mol. The van der Waals surface area contributed by atoms with E-state index in [1.165, 1.54) is 6.20 Å². The van der Waals surface area contributed by atoms with Crippen LogP contribution in [0, 0.1) is 25.5 Å². The van der Waals surface area contributed by atoms with Crippen LogP contribution in [-0.4, -0.2) is 27.3 Å². The van der Waals surface area contributed by atoms with Crippen LogP contribution in [0.3, 0.4) is 0 Å². The zero-order valence-corrected chi connectivity index (χ0v) is 14.2. The van der Waals surface area contributed by atoms with Crippen molar-refractivity contribution < 1.29 is 18.3 Å². The topological polar surface area (TPSA) is 69.0 Å². The molecule has 0 aliphatic heterocycles. The summed E-state index contributed by atoms with van der Waals surface area (Å²) in [6.07, 6.45) is 1.49. The molecule has 1 amide bonds. The Kier molecular flexibility index (Phi) is 4.92. The molecule has 2 heterocycles. The molecule has 134 valence electrons. The number of carbonyl (C=O) groups is 1. The number of rotatable bonds is 5. The van der Waals surface area contributed by atoms with E-state index in [9.17, 15) is 13.6 Å². The fourth-order valence-corrected chi connectivity index (χ4v) is 2.38. The minimum atomic E-state index is -0.867. The van der Waals surface area contributed by atoms with Crippen LogP contribution >= 0.6 is 0 Å². The Labute approximate surface area is 148 Å². The van der Waals surface area contributed by atoms with E-state index in [0.29, 0.717) is 17.6 Å². The molecule has 0 spiro atoms. The highest BCUT2D eigenvalue weighted by atomic mass is 19.1. The van der Waals surface area contributed by atoms with Crippen LogP contribution < -0.4 is 10.1 Å². The fraction of sp³-hybridized carbons (Fsp3) is 0.167. The van der Waals surface area contributed by atoms with Crippen molar-refractivity contribution in [2.75, 3.05) is 11.9 Å². The van der Waals surface area contributed by atoms with E-state index in [1.807, 2.05) is 19.9 Å². The SMILES string of the molecule is Cc1cc(C)n(-c2ccc(NC(=O)COc3ccc(F)cc3F)cn2)n1. The second kappa shape index (κ2) is 7.30. The molecule has 1 aromatic carbocycles. The van der Waals surface area contributed by atoms with Gasteiger partial charge >= 0.3 is 0 Å². The molecule has 0 aliphatic carbocycles. The van der Waals surface area contributed by atoms with Crippen molar-refractivity contribution in [2.24, 2.45) is 0 Å². The quantitative estimate of drug-likeness (QED) is 0.761. The number of anilines is 1. The van der Waals surface area contributed by atoms with Gasteiger partial charge in [-0.15, -0.1) is 0 Å². The van der Waals surface area contributed by atoms with Crippen LogP contribution in [0.5, 0.6) is 5.75 Å². The molecule has 3 aromatic rings. The van der Waals surface area contributed by atoms with Crippen molar-refractivity contribution >= 4 is 11.6 Å². The van der Waals surface area contributed by atoms with E-state index < -0.39 is 24.1 Å². The highest BCUT2D eigenvalue weighted by Gasteiger charge is 2.09. The van der Waals surface area contributed by atoms with E-state index >= 15 is 0 Å².